The molecule has 1 saturated heterocycles. The molecular formula is C27H36N4O. The largest absolute Gasteiger partial charge is 0.334 e. The van der Waals surface area contributed by atoms with Gasteiger partial charge in [0.05, 0.1) is 6.54 Å². The minimum atomic E-state index is 0.270. The van der Waals surface area contributed by atoms with E-state index in [1.165, 1.54) is 61.6 Å². The van der Waals surface area contributed by atoms with Gasteiger partial charge in [-0.3, -0.25) is 9.69 Å². The van der Waals surface area contributed by atoms with Crippen molar-refractivity contribution in [1.29, 1.82) is 0 Å². The second-order valence-corrected chi connectivity index (χ2v) is 10.2. The van der Waals surface area contributed by atoms with Gasteiger partial charge in [-0.05, 0) is 86.7 Å². The first kappa shape index (κ1) is 21.6. The molecule has 0 spiro atoms. The monoisotopic (exact) mass is 432 g/mol. The average molecular weight is 433 g/mol. The molecule has 1 amide bonds. The summed E-state index contributed by atoms with van der Waals surface area (Å²) in [4.78, 5) is 26.4. The van der Waals surface area contributed by atoms with E-state index in [0.29, 0.717) is 5.92 Å². The van der Waals surface area contributed by atoms with Crippen LogP contribution in [0.2, 0.25) is 0 Å². The number of likely N-dealkylation sites (tertiary alicyclic amines) is 1. The highest BCUT2D eigenvalue weighted by molar-refractivity contribution is 5.99. The molecule has 2 aliphatic heterocycles. The van der Waals surface area contributed by atoms with E-state index in [4.69, 9.17) is 0 Å². The highest BCUT2D eigenvalue weighted by Gasteiger charge is 2.31. The molecule has 0 atom stereocenters. The van der Waals surface area contributed by atoms with Crippen molar-refractivity contribution in [2.24, 2.45) is 11.8 Å². The van der Waals surface area contributed by atoms with Gasteiger partial charge in [0.25, 0.3) is 5.91 Å². The Morgan fingerprint density at radius 2 is 1.72 bits per heavy atom. The lowest BCUT2D eigenvalue weighted by molar-refractivity contribution is 0.0737. The van der Waals surface area contributed by atoms with Crippen LogP contribution >= 0.6 is 0 Å². The Kier molecular flexibility index (Phi) is 6.54. The number of nitrogens with zero attached hydrogens (tertiary/aromatic N) is 4. The SMILES string of the molecule is Cc1cc(CC2CCN(Cc3ncccn3)CC2)cc2c1C(=O)N(CC1CCCCC1)C2. The summed E-state index contributed by atoms with van der Waals surface area (Å²) in [5.41, 5.74) is 4.84. The summed E-state index contributed by atoms with van der Waals surface area (Å²) in [6, 6.07) is 6.49. The summed E-state index contributed by atoms with van der Waals surface area (Å²) in [5, 5.41) is 0. The normalized spacial score (nSPS) is 20.7. The van der Waals surface area contributed by atoms with E-state index in [-0.39, 0.29) is 5.91 Å². The third-order valence-corrected chi connectivity index (χ3v) is 7.76. The number of carbonyl (C=O) groups is 1. The molecule has 5 rings (SSSR count). The van der Waals surface area contributed by atoms with Gasteiger partial charge in [0, 0.05) is 31.0 Å². The highest BCUT2D eigenvalue weighted by atomic mass is 16.2. The molecule has 1 aromatic heterocycles. The molecule has 2 fully saturated rings. The number of aromatic nitrogens is 2. The molecule has 5 nitrogen and oxygen atoms in total. The number of hydrogen-bond acceptors (Lipinski definition) is 4. The van der Waals surface area contributed by atoms with Gasteiger partial charge in [0.15, 0.2) is 0 Å². The van der Waals surface area contributed by atoms with Crippen molar-refractivity contribution in [3.63, 3.8) is 0 Å². The minimum Gasteiger partial charge on any atom is -0.334 e. The van der Waals surface area contributed by atoms with Crippen LogP contribution in [-0.4, -0.2) is 45.3 Å². The van der Waals surface area contributed by atoms with E-state index in [0.717, 1.165) is 56.5 Å². The van der Waals surface area contributed by atoms with Crippen LogP contribution < -0.4 is 0 Å². The summed E-state index contributed by atoms with van der Waals surface area (Å²) in [7, 11) is 0. The Hall–Kier alpha value is -2.27. The molecule has 1 aliphatic carbocycles. The lowest BCUT2D eigenvalue weighted by Gasteiger charge is -2.31. The molecule has 1 saturated carbocycles. The predicted molar refractivity (Wildman–Crippen MR) is 126 cm³/mol. The van der Waals surface area contributed by atoms with E-state index in [2.05, 4.69) is 38.8 Å². The van der Waals surface area contributed by atoms with Crippen LogP contribution in [0.5, 0.6) is 0 Å². The van der Waals surface area contributed by atoms with Crippen LogP contribution in [0, 0.1) is 18.8 Å². The van der Waals surface area contributed by atoms with Gasteiger partial charge in [0.1, 0.15) is 5.82 Å². The first-order chi connectivity index (χ1) is 15.7. The zero-order valence-electron chi connectivity index (χ0n) is 19.4. The van der Waals surface area contributed by atoms with Gasteiger partial charge < -0.3 is 4.90 Å². The summed E-state index contributed by atoms with van der Waals surface area (Å²) in [5.74, 6) is 2.61. The van der Waals surface area contributed by atoms with Gasteiger partial charge in [-0.25, -0.2) is 9.97 Å². The Labute approximate surface area is 192 Å². The maximum Gasteiger partial charge on any atom is 0.254 e. The summed E-state index contributed by atoms with van der Waals surface area (Å²) >= 11 is 0. The summed E-state index contributed by atoms with van der Waals surface area (Å²) < 4.78 is 0. The van der Waals surface area contributed by atoms with Crippen LogP contribution in [0.3, 0.4) is 0 Å². The van der Waals surface area contributed by atoms with E-state index < -0.39 is 0 Å². The molecule has 3 aliphatic rings. The van der Waals surface area contributed by atoms with E-state index in [1.807, 2.05) is 18.5 Å². The molecule has 0 N–H and O–H groups in total. The standard InChI is InChI=1S/C27H36N4O/c1-20-14-23(15-21-8-12-30(13-9-21)19-25-28-10-5-11-29-25)16-24-18-31(27(32)26(20)24)17-22-6-3-2-4-7-22/h5,10-11,14,16,21-22H,2-4,6-9,12-13,15,17-19H2,1H3. The fourth-order valence-electron chi connectivity index (χ4n) is 6.05. The van der Waals surface area contributed by atoms with Crippen LogP contribution in [0.25, 0.3) is 0 Å². The van der Waals surface area contributed by atoms with E-state index in [1.54, 1.807) is 0 Å². The quantitative estimate of drug-likeness (QED) is 0.659. The topological polar surface area (TPSA) is 49.3 Å². The molecule has 32 heavy (non-hydrogen) atoms. The maximum atomic E-state index is 13.1. The van der Waals surface area contributed by atoms with E-state index >= 15 is 0 Å². The number of amides is 1. The van der Waals surface area contributed by atoms with Crippen molar-refractivity contribution in [3.05, 3.63) is 58.7 Å². The van der Waals surface area contributed by atoms with E-state index in [9.17, 15) is 4.79 Å². The van der Waals surface area contributed by atoms with Crippen molar-refractivity contribution in [2.75, 3.05) is 19.6 Å². The lowest BCUT2D eigenvalue weighted by Crippen LogP contribution is -2.34. The fraction of sp³-hybridized carbons (Fsp3) is 0.593. The van der Waals surface area contributed by atoms with Crippen molar-refractivity contribution in [1.82, 2.24) is 19.8 Å². The first-order valence-electron chi connectivity index (χ1n) is 12.6. The first-order valence-corrected chi connectivity index (χ1v) is 12.6. The Morgan fingerprint density at radius 3 is 2.47 bits per heavy atom. The number of piperidine rings is 1. The minimum absolute atomic E-state index is 0.270. The van der Waals surface area contributed by atoms with Gasteiger partial charge in [-0.2, -0.15) is 0 Å². The van der Waals surface area contributed by atoms with Crippen molar-refractivity contribution in [3.8, 4) is 0 Å². The Morgan fingerprint density at radius 1 is 0.969 bits per heavy atom. The number of rotatable bonds is 6. The predicted octanol–water partition coefficient (Wildman–Crippen LogP) is 4.78. The zero-order valence-corrected chi connectivity index (χ0v) is 19.4. The van der Waals surface area contributed by atoms with Crippen molar-refractivity contribution >= 4 is 5.91 Å². The van der Waals surface area contributed by atoms with Crippen molar-refractivity contribution in [2.45, 2.75) is 71.4 Å². The third-order valence-electron chi connectivity index (χ3n) is 7.76. The molecule has 1 aromatic carbocycles. The maximum absolute atomic E-state index is 13.1. The van der Waals surface area contributed by atoms with Crippen molar-refractivity contribution < 1.29 is 4.79 Å². The lowest BCUT2D eigenvalue weighted by atomic mass is 9.88. The van der Waals surface area contributed by atoms with Gasteiger partial charge in [-0.15, -0.1) is 0 Å². The van der Waals surface area contributed by atoms with Gasteiger partial charge in [-0.1, -0.05) is 31.4 Å². The van der Waals surface area contributed by atoms with Gasteiger partial charge >= 0.3 is 0 Å². The molecule has 2 aromatic rings. The molecule has 170 valence electrons. The third kappa shape index (κ3) is 4.88. The number of aryl methyl sites for hydroxylation is 1. The zero-order chi connectivity index (χ0) is 21.9. The smallest absolute Gasteiger partial charge is 0.254 e. The Balaban J connectivity index is 1.17. The van der Waals surface area contributed by atoms with Crippen LogP contribution in [0.4, 0.5) is 0 Å². The molecule has 0 radical (unpaired) electrons. The summed E-state index contributed by atoms with van der Waals surface area (Å²) in [6.07, 6.45) is 13.8. The molecule has 3 heterocycles. The molecule has 0 unspecified atom stereocenters. The van der Waals surface area contributed by atoms with Gasteiger partial charge in [0.2, 0.25) is 0 Å². The Bertz CT molecular complexity index is 930. The van der Waals surface area contributed by atoms with Crippen LogP contribution in [0.1, 0.15) is 77.8 Å². The van der Waals surface area contributed by atoms with Crippen LogP contribution in [-0.2, 0) is 19.5 Å². The molecule has 5 heteroatoms. The highest BCUT2D eigenvalue weighted by Crippen LogP contribution is 2.32. The number of fused-ring (bicyclic) bond motifs is 1. The second kappa shape index (κ2) is 9.70. The number of carbonyl (C=O) groups excluding carboxylic acids is 1. The number of benzene rings is 1. The molecular weight excluding hydrogens is 396 g/mol. The number of hydrogen-bond donors (Lipinski definition) is 0. The fourth-order valence-corrected chi connectivity index (χ4v) is 6.05. The average Bonchev–Trinajstić information content (AvgIpc) is 3.12. The van der Waals surface area contributed by atoms with Crippen LogP contribution in [0.15, 0.2) is 30.6 Å². The summed E-state index contributed by atoms with van der Waals surface area (Å²) in [6.45, 7) is 6.97. The second-order valence-electron chi connectivity index (χ2n) is 10.2. The molecule has 0 bridgehead atoms.